The molecule has 6 rings (SSSR count). The Morgan fingerprint density at radius 3 is 1.64 bits per heavy atom. The van der Waals surface area contributed by atoms with Gasteiger partial charge in [-0.3, -0.25) is 0 Å². The highest BCUT2D eigenvalue weighted by Gasteiger charge is 2.07. The molecule has 0 bridgehead atoms. The van der Waals surface area contributed by atoms with Crippen LogP contribution in [0.15, 0.2) is 154 Å². The molecule has 0 aliphatic heterocycles. The summed E-state index contributed by atoms with van der Waals surface area (Å²) in [5.74, 6) is 0. The Balaban J connectivity index is 0.000000147. The molecule has 1 heterocycles. The molecule has 0 N–H and O–H groups in total. The van der Waals surface area contributed by atoms with Crippen molar-refractivity contribution in [2.75, 3.05) is 18.8 Å². The molecule has 0 saturated carbocycles. The number of hydrogen-bond acceptors (Lipinski definition) is 4. The molecule has 196 valence electrons. The molecule has 0 saturated heterocycles. The van der Waals surface area contributed by atoms with Crippen LogP contribution in [-0.4, -0.2) is 18.8 Å². The molecular formula is C35H32S4. The summed E-state index contributed by atoms with van der Waals surface area (Å²) in [7, 11) is 0. The normalized spacial score (nSPS) is 10.2. The number of thiophene rings is 1. The first-order valence-electron chi connectivity index (χ1n) is 12.6. The van der Waals surface area contributed by atoms with Gasteiger partial charge < -0.3 is 0 Å². The summed E-state index contributed by atoms with van der Waals surface area (Å²) in [5, 5.41) is 4.74. The van der Waals surface area contributed by atoms with Crippen molar-refractivity contribution in [2.24, 2.45) is 0 Å². The van der Waals surface area contributed by atoms with E-state index in [1.54, 1.807) is 46.6 Å². The third-order valence-corrected chi connectivity index (χ3v) is 9.30. The van der Waals surface area contributed by atoms with E-state index in [9.17, 15) is 0 Å². The van der Waals surface area contributed by atoms with Gasteiger partial charge in [-0.1, -0.05) is 103 Å². The molecule has 4 heteroatoms. The maximum absolute atomic E-state index is 2.21. The van der Waals surface area contributed by atoms with Crippen LogP contribution in [0, 0.1) is 0 Å². The third-order valence-electron chi connectivity index (χ3n) is 6.06. The van der Waals surface area contributed by atoms with Gasteiger partial charge in [0.1, 0.15) is 0 Å². The van der Waals surface area contributed by atoms with Gasteiger partial charge in [-0.15, -0.1) is 46.6 Å². The molecule has 0 fully saturated rings. The predicted molar refractivity (Wildman–Crippen MR) is 181 cm³/mol. The molecule has 6 aromatic rings. The fraction of sp³-hybridized carbons (Fsp3) is 0.0857. The fourth-order valence-corrected chi connectivity index (χ4v) is 6.65. The Labute approximate surface area is 249 Å². The highest BCUT2D eigenvalue weighted by atomic mass is 32.2. The van der Waals surface area contributed by atoms with E-state index in [0.29, 0.717) is 0 Å². The van der Waals surface area contributed by atoms with Crippen molar-refractivity contribution in [3.05, 3.63) is 139 Å². The minimum Gasteiger partial charge on any atom is -0.144 e. The second-order valence-corrected chi connectivity index (χ2v) is 11.9. The van der Waals surface area contributed by atoms with E-state index in [0.717, 1.165) is 0 Å². The van der Waals surface area contributed by atoms with Crippen LogP contribution in [0.3, 0.4) is 0 Å². The van der Waals surface area contributed by atoms with Crippen LogP contribution in [0.4, 0.5) is 0 Å². The van der Waals surface area contributed by atoms with Gasteiger partial charge in [0.25, 0.3) is 0 Å². The van der Waals surface area contributed by atoms with E-state index in [1.807, 2.05) is 18.2 Å². The van der Waals surface area contributed by atoms with Crippen molar-refractivity contribution in [2.45, 2.75) is 14.7 Å². The maximum Gasteiger partial charge on any atom is 0.0353 e. The van der Waals surface area contributed by atoms with Gasteiger partial charge in [-0.25, -0.2) is 0 Å². The molecule has 39 heavy (non-hydrogen) atoms. The zero-order valence-electron chi connectivity index (χ0n) is 22.4. The summed E-state index contributed by atoms with van der Waals surface area (Å²) in [5.41, 5.74) is 3.99. The van der Waals surface area contributed by atoms with E-state index in [4.69, 9.17) is 0 Å². The molecule has 0 unspecified atom stereocenters. The number of thioether (sulfide) groups is 3. The van der Waals surface area contributed by atoms with Gasteiger partial charge >= 0.3 is 0 Å². The van der Waals surface area contributed by atoms with Crippen molar-refractivity contribution < 1.29 is 0 Å². The van der Waals surface area contributed by atoms with Gasteiger partial charge in [-0.2, -0.15) is 0 Å². The predicted octanol–water partition coefficient (Wildman–Crippen LogP) is 11.8. The first-order chi connectivity index (χ1) is 19.2. The lowest BCUT2D eigenvalue weighted by Gasteiger charge is -2.10. The molecule has 0 spiro atoms. The van der Waals surface area contributed by atoms with Crippen LogP contribution in [-0.2, 0) is 0 Å². The lowest BCUT2D eigenvalue weighted by Crippen LogP contribution is -1.83. The van der Waals surface area contributed by atoms with Crippen LogP contribution < -0.4 is 0 Å². The van der Waals surface area contributed by atoms with Gasteiger partial charge in [-0.05, 0) is 76.4 Å². The molecular weight excluding hydrogens is 549 g/mol. The zero-order chi connectivity index (χ0) is 27.3. The molecule has 0 amide bonds. The van der Waals surface area contributed by atoms with Gasteiger partial charge in [0.15, 0.2) is 0 Å². The average Bonchev–Trinajstić information content (AvgIpc) is 3.57. The van der Waals surface area contributed by atoms with Crippen molar-refractivity contribution >= 4 is 57.4 Å². The molecule has 0 atom stereocenters. The summed E-state index contributed by atoms with van der Waals surface area (Å²) in [6.07, 6.45) is 6.33. The monoisotopic (exact) mass is 580 g/mol. The van der Waals surface area contributed by atoms with E-state index in [-0.39, 0.29) is 0 Å². The number of hydrogen-bond donors (Lipinski definition) is 0. The Bertz CT molecular complexity index is 1550. The number of rotatable bonds is 5. The van der Waals surface area contributed by atoms with Crippen molar-refractivity contribution in [3.63, 3.8) is 0 Å². The number of fused-ring (bicyclic) bond motifs is 1. The molecule has 0 nitrogen and oxygen atoms in total. The summed E-state index contributed by atoms with van der Waals surface area (Å²) in [4.78, 5) is 5.36. The zero-order valence-corrected chi connectivity index (χ0v) is 25.7. The molecule has 1 aromatic heterocycles. The number of benzene rings is 5. The largest absolute Gasteiger partial charge is 0.144 e. The summed E-state index contributed by atoms with van der Waals surface area (Å²) in [6.45, 7) is 0. The Kier molecular flexibility index (Phi) is 11.7. The van der Waals surface area contributed by atoms with Crippen molar-refractivity contribution in [1.29, 1.82) is 0 Å². The molecule has 0 radical (unpaired) electrons. The second-order valence-electron chi connectivity index (χ2n) is 8.42. The molecule has 0 aliphatic rings. The SMILES string of the molecule is CSc1ccccc1.CSc1ccccc1-c1cccc2ccccc12.CSc1ccccc1-c1cccs1. The minimum atomic E-state index is 1.30. The fourth-order valence-electron chi connectivity index (χ4n) is 4.16. The highest BCUT2D eigenvalue weighted by molar-refractivity contribution is 7.99. The highest BCUT2D eigenvalue weighted by Crippen LogP contribution is 2.35. The van der Waals surface area contributed by atoms with E-state index in [2.05, 4.69) is 139 Å². The summed E-state index contributed by atoms with van der Waals surface area (Å²) in [6, 6.07) is 46.8. The second kappa shape index (κ2) is 15.6. The summed E-state index contributed by atoms with van der Waals surface area (Å²) >= 11 is 7.16. The first-order valence-corrected chi connectivity index (χ1v) is 17.2. The van der Waals surface area contributed by atoms with Crippen LogP contribution >= 0.6 is 46.6 Å². The van der Waals surface area contributed by atoms with Crippen molar-refractivity contribution in [1.82, 2.24) is 0 Å². The topological polar surface area (TPSA) is 0 Å². The van der Waals surface area contributed by atoms with Crippen LogP contribution in [0.5, 0.6) is 0 Å². The van der Waals surface area contributed by atoms with E-state index < -0.39 is 0 Å². The molecule has 5 aromatic carbocycles. The van der Waals surface area contributed by atoms with E-state index in [1.165, 1.54) is 47.0 Å². The van der Waals surface area contributed by atoms with Gasteiger partial charge in [0.05, 0.1) is 0 Å². The standard InChI is InChI=1S/C17H14S.C11H10S2.C7H8S/c1-18-17-12-5-4-10-16(17)15-11-6-8-13-7-2-3-9-14(13)15;1-12-10-6-3-2-5-9(10)11-7-4-8-13-11;1-8-7-5-3-2-4-6-7/h2-12H,1H3;2-8H,1H3;2-6H,1H3. The third kappa shape index (κ3) is 8.06. The van der Waals surface area contributed by atoms with Gasteiger partial charge in [0.2, 0.25) is 0 Å². The average molecular weight is 581 g/mol. The smallest absolute Gasteiger partial charge is 0.0353 e. The van der Waals surface area contributed by atoms with Crippen LogP contribution in [0.2, 0.25) is 0 Å². The lowest BCUT2D eigenvalue weighted by atomic mass is 9.98. The van der Waals surface area contributed by atoms with Gasteiger partial charge in [0, 0.05) is 25.1 Å². The Morgan fingerprint density at radius 1 is 0.436 bits per heavy atom. The maximum atomic E-state index is 2.21. The first kappa shape index (κ1) is 29.1. The minimum absolute atomic E-state index is 1.30. The van der Waals surface area contributed by atoms with Crippen LogP contribution in [0.1, 0.15) is 0 Å². The van der Waals surface area contributed by atoms with Crippen LogP contribution in [0.25, 0.3) is 32.3 Å². The van der Waals surface area contributed by atoms with E-state index >= 15 is 0 Å². The quantitative estimate of drug-likeness (QED) is 0.186. The Hall–Kier alpha value is -2.89. The molecule has 0 aliphatic carbocycles. The summed E-state index contributed by atoms with van der Waals surface area (Å²) < 4.78 is 0. The lowest BCUT2D eigenvalue weighted by molar-refractivity contribution is 1.46. The van der Waals surface area contributed by atoms with Crippen molar-refractivity contribution in [3.8, 4) is 21.6 Å². The Morgan fingerprint density at radius 2 is 1.00 bits per heavy atom.